The van der Waals surface area contributed by atoms with Crippen LogP contribution >= 0.6 is 0 Å². The van der Waals surface area contributed by atoms with E-state index in [9.17, 15) is 33.7 Å². The van der Waals surface area contributed by atoms with Crippen LogP contribution in [0, 0.1) is 21.4 Å². The number of rotatable bonds is 11. The third kappa shape index (κ3) is 7.90. The van der Waals surface area contributed by atoms with E-state index in [-0.39, 0.29) is 43.2 Å². The first-order chi connectivity index (χ1) is 16.2. The molecule has 0 spiro atoms. The van der Waals surface area contributed by atoms with Gasteiger partial charge in [-0.2, -0.15) is 19.2 Å². The van der Waals surface area contributed by atoms with Crippen LogP contribution in [0.4, 0.5) is 31.5 Å². The number of nitro groups is 1. The Bertz CT molecular complexity index is 1100. The Morgan fingerprint density at radius 3 is 2.32 bits per heavy atom. The number of azo groups is 1. The van der Waals surface area contributed by atoms with Crippen LogP contribution < -0.4 is 4.90 Å². The molecule has 2 rings (SSSR count). The summed E-state index contributed by atoms with van der Waals surface area (Å²) in [6.45, 7) is 1.24. The summed E-state index contributed by atoms with van der Waals surface area (Å²) in [6.07, 6.45) is -3.23. The lowest BCUT2D eigenvalue weighted by molar-refractivity contribution is -0.384. The van der Waals surface area contributed by atoms with Crippen LogP contribution in [0.1, 0.15) is 12.5 Å². The van der Waals surface area contributed by atoms with Crippen molar-refractivity contribution in [2.75, 3.05) is 31.2 Å². The number of nitrogens with zero attached hydrogens (tertiary/aromatic N) is 5. The molecule has 0 unspecified atom stereocenters. The first-order valence-electron chi connectivity index (χ1n) is 9.74. The van der Waals surface area contributed by atoms with Crippen molar-refractivity contribution < 1.29 is 32.8 Å². The quantitative estimate of drug-likeness (QED) is 0.204. The Kier molecular flexibility index (Phi) is 9.51. The Hall–Kier alpha value is -4.47. The number of carbonyl (C=O) groups excluding carboxylic acids is 2. The molecule has 34 heavy (non-hydrogen) atoms. The van der Waals surface area contributed by atoms with E-state index in [2.05, 4.69) is 15.0 Å². The van der Waals surface area contributed by atoms with Crippen LogP contribution in [0.25, 0.3) is 0 Å². The second-order valence-corrected chi connectivity index (χ2v) is 6.58. The highest BCUT2D eigenvalue weighted by Gasteiger charge is 2.17. The lowest BCUT2D eigenvalue weighted by Crippen LogP contribution is -2.32. The number of alkyl halides is 2. The highest BCUT2D eigenvalue weighted by molar-refractivity contribution is 5.72. The minimum Gasteiger partial charge on any atom is -0.464 e. The Labute approximate surface area is 192 Å². The van der Waals surface area contributed by atoms with Gasteiger partial charge in [0.05, 0.1) is 29.3 Å². The summed E-state index contributed by atoms with van der Waals surface area (Å²) in [5, 5.41) is 28.0. The zero-order chi connectivity index (χ0) is 25.1. The average molecular weight is 475 g/mol. The second kappa shape index (κ2) is 12.5. The number of non-ortho nitro benzene ring substituents is 1. The van der Waals surface area contributed by atoms with E-state index < -0.39 is 23.3 Å². The molecule has 0 saturated carbocycles. The number of carbonyl (C=O) groups is 2. The molecule has 0 N–H and O–H groups in total. The van der Waals surface area contributed by atoms with Crippen LogP contribution in [-0.2, 0) is 19.1 Å². The maximum Gasteiger partial charge on any atom is 0.373 e. The Morgan fingerprint density at radius 2 is 1.76 bits per heavy atom. The molecule has 0 saturated heterocycles. The van der Waals surface area contributed by atoms with Gasteiger partial charge in [-0.05, 0) is 30.3 Å². The van der Waals surface area contributed by atoms with E-state index in [4.69, 9.17) is 4.74 Å². The third-order valence-electron chi connectivity index (χ3n) is 4.25. The van der Waals surface area contributed by atoms with Crippen molar-refractivity contribution in [1.82, 2.24) is 0 Å². The SMILES string of the molecule is CC(=O)OCCN(CCOC(=O)C(F)F)c1ccc(N=Nc2ccc([N+](=O)[O-])cc2C#N)cc1. The van der Waals surface area contributed by atoms with Gasteiger partial charge >= 0.3 is 18.4 Å². The van der Waals surface area contributed by atoms with Crippen LogP contribution in [0.3, 0.4) is 0 Å². The minimum atomic E-state index is -3.23. The van der Waals surface area contributed by atoms with Crippen molar-refractivity contribution in [2.24, 2.45) is 10.2 Å². The lowest BCUT2D eigenvalue weighted by Gasteiger charge is -2.24. The number of hydrogen-bond acceptors (Lipinski definition) is 10. The topological polar surface area (TPSA) is 147 Å². The predicted molar refractivity (Wildman–Crippen MR) is 114 cm³/mol. The van der Waals surface area contributed by atoms with Crippen molar-refractivity contribution in [1.29, 1.82) is 5.26 Å². The summed E-state index contributed by atoms with van der Waals surface area (Å²) < 4.78 is 34.0. The van der Waals surface area contributed by atoms with E-state index in [1.165, 1.54) is 19.1 Å². The number of halogens is 2. The molecule has 13 heteroatoms. The largest absolute Gasteiger partial charge is 0.464 e. The molecule has 0 radical (unpaired) electrons. The molecule has 0 aliphatic rings. The van der Waals surface area contributed by atoms with Gasteiger partial charge in [-0.1, -0.05) is 0 Å². The average Bonchev–Trinajstić information content (AvgIpc) is 2.81. The summed E-state index contributed by atoms with van der Waals surface area (Å²) in [5.41, 5.74) is 0.904. The number of esters is 2. The van der Waals surface area contributed by atoms with Crippen LogP contribution in [0.15, 0.2) is 52.7 Å². The molecule has 0 heterocycles. The van der Waals surface area contributed by atoms with Gasteiger partial charge in [0, 0.05) is 24.7 Å². The van der Waals surface area contributed by atoms with Crippen LogP contribution in [0.5, 0.6) is 0 Å². The van der Waals surface area contributed by atoms with Gasteiger partial charge in [0.2, 0.25) is 0 Å². The van der Waals surface area contributed by atoms with Gasteiger partial charge in [0.15, 0.2) is 0 Å². The maximum atomic E-state index is 12.3. The highest BCUT2D eigenvalue weighted by Crippen LogP contribution is 2.27. The number of benzene rings is 2. The summed E-state index contributed by atoms with van der Waals surface area (Å²) >= 11 is 0. The standard InChI is InChI=1S/C21H19F2N5O6/c1-14(29)33-10-8-27(9-11-34-21(30)20(22)23)17-4-2-16(3-5-17)25-26-19-7-6-18(28(31)32)12-15(19)13-24/h2-7,12,20H,8-11H2,1H3. The molecule has 0 atom stereocenters. The van der Waals surface area contributed by atoms with E-state index in [0.29, 0.717) is 11.4 Å². The van der Waals surface area contributed by atoms with Gasteiger partial charge < -0.3 is 14.4 Å². The van der Waals surface area contributed by atoms with Crippen molar-refractivity contribution in [3.63, 3.8) is 0 Å². The Morgan fingerprint density at radius 1 is 1.12 bits per heavy atom. The molecule has 0 fully saturated rings. The molecule has 0 amide bonds. The molecule has 178 valence electrons. The van der Waals surface area contributed by atoms with Crippen molar-refractivity contribution in [2.45, 2.75) is 13.3 Å². The van der Waals surface area contributed by atoms with Gasteiger partial charge in [0.25, 0.3) is 5.69 Å². The maximum absolute atomic E-state index is 12.3. The van der Waals surface area contributed by atoms with Gasteiger partial charge in [-0.15, -0.1) is 5.11 Å². The highest BCUT2D eigenvalue weighted by atomic mass is 19.3. The Balaban J connectivity index is 2.12. The number of hydrogen-bond donors (Lipinski definition) is 0. The van der Waals surface area contributed by atoms with Gasteiger partial charge in [-0.3, -0.25) is 14.9 Å². The molecular formula is C21H19F2N5O6. The second-order valence-electron chi connectivity index (χ2n) is 6.58. The summed E-state index contributed by atoms with van der Waals surface area (Å²) in [7, 11) is 0. The number of nitriles is 1. The predicted octanol–water partition coefficient (Wildman–Crippen LogP) is 4.06. The molecule has 2 aromatic rings. The molecular weight excluding hydrogens is 456 g/mol. The third-order valence-corrected chi connectivity index (χ3v) is 4.25. The molecule has 2 aromatic carbocycles. The zero-order valence-electron chi connectivity index (χ0n) is 17.9. The van der Waals surface area contributed by atoms with Crippen LogP contribution in [0.2, 0.25) is 0 Å². The molecule has 0 aliphatic heterocycles. The number of nitro benzene ring substituents is 1. The monoisotopic (exact) mass is 475 g/mol. The fraction of sp³-hybridized carbons (Fsp3) is 0.286. The summed E-state index contributed by atoms with van der Waals surface area (Å²) in [6, 6.07) is 11.9. The smallest absolute Gasteiger partial charge is 0.373 e. The zero-order valence-corrected chi connectivity index (χ0v) is 17.9. The van der Waals surface area contributed by atoms with Gasteiger partial charge in [-0.25, -0.2) is 4.79 Å². The first kappa shape index (κ1) is 25.8. The van der Waals surface area contributed by atoms with E-state index in [0.717, 1.165) is 6.07 Å². The van der Waals surface area contributed by atoms with E-state index >= 15 is 0 Å². The normalized spacial score (nSPS) is 10.7. The van der Waals surface area contributed by atoms with E-state index in [1.807, 2.05) is 6.07 Å². The fourth-order valence-electron chi connectivity index (χ4n) is 2.65. The number of anilines is 1. The van der Waals surface area contributed by atoms with Gasteiger partial charge in [0.1, 0.15) is 25.0 Å². The van der Waals surface area contributed by atoms with Crippen molar-refractivity contribution in [3.05, 3.63) is 58.1 Å². The van der Waals surface area contributed by atoms with Crippen molar-refractivity contribution >= 4 is 34.7 Å². The van der Waals surface area contributed by atoms with Crippen molar-refractivity contribution in [3.8, 4) is 6.07 Å². The molecule has 0 bridgehead atoms. The molecule has 11 nitrogen and oxygen atoms in total. The first-order valence-corrected chi connectivity index (χ1v) is 9.74. The lowest BCUT2D eigenvalue weighted by atomic mass is 10.2. The number of ether oxygens (including phenoxy) is 2. The molecule has 0 aromatic heterocycles. The molecule has 0 aliphatic carbocycles. The summed E-state index contributed by atoms with van der Waals surface area (Å²) in [4.78, 5) is 33.8. The minimum absolute atomic E-state index is 0.00967. The summed E-state index contributed by atoms with van der Waals surface area (Å²) in [5.74, 6) is -2.11. The van der Waals surface area contributed by atoms with E-state index in [1.54, 1.807) is 29.2 Å². The fourth-order valence-corrected chi connectivity index (χ4v) is 2.65. The van der Waals surface area contributed by atoms with Crippen LogP contribution in [-0.4, -0.2) is 49.6 Å².